The summed E-state index contributed by atoms with van der Waals surface area (Å²) in [6.07, 6.45) is 7.89. The Morgan fingerprint density at radius 3 is 2.40 bits per heavy atom. The predicted molar refractivity (Wildman–Crippen MR) is 141 cm³/mol. The molecule has 1 aliphatic carbocycles. The van der Waals surface area contributed by atoms with Crippen molar-refractivity contribution in [1.82, 2.24) is 15.0 Å². The predicted octanol–water partition coefficient (Wildman–Crippen LogP) is 5.69. The second kappa shape index (κ2) is 11.0. The number of carbonyl (C=O) groups is 1. The van der Waals surface area contributed by atoms with E-state index < -0.39 is 24.7 Å². The van der Waals surface area contributed by atoms with Crippen LogP contribution in [0.25, 0.3) is 10.2 Å². The van der Waals surface area contributed by atoms with Gasteiger partial charge in [-0.2, -0.15) is 22.7 Å². The van der Waals surface area contributed by atoms with Crippen molar-refractivity contribution in [2.24, 2.45) is 16.9 Å². The molecule has 3 aromatic rings. The van der Waals surface area contributed by atoms with Crippen molar-refractivity contribution in [1.29, 1.82) is 0 Å². The number of anilines is 1. The summed E-state index contributed by atoms with van der Waals surface area (Å²) in [4.78, 5) is 24.6. The van der Waals surface area contributed by atoms with Crippen molar-refractivity contribution in [2.45, 2.75) is 44.9 Å². The molecule has 13 heteroatoms. The Morgan fingerprint density at radius 1 is 0.925 bits per heavy atom. The first-order valence-corrected chi connectivity index (χ1v) is 13.8. The highest BCUT2D eigenvalue weighted by Crippen LogP contribution is 2.39. The van der Waals surface area contributed by atoms with Crippen molar-refractivity contribution in [3.8, 4) is 11.5 Å². The van der Waals surface area contributed by atoms with Crippen molar-refractivity contribution in [3.05, 3.63) is 53.7 Å². The van der Waals surface area contributed by atoms with Crippen LogP contribution < -0.4 is 14.4 Å². The molecule has 2 aliphatic heterocycles. The molecule has 40 heavy (non-hydrogen) atoms. The molecule has 0 radical (unpaired) electrons. The van der Waals surface area contributed by atoms with Crippen molar-refractivity contribution < 1.29 is 31.8 Å². The first-order chi connectivity index (χ1) is 19.4. The summed E-state index contributed by atoms with van der Waals surface area (Å²) in [5, 5.41) is 8.31. The maximum atomic E-state index is 13.6. The molecule has 1 fully saturated rings. The summed E-state index contributed by atoms with van der Waals surface area (Å²) in [6, 6.07) is 5.68. The van der Waals surface area contributed by atoms with Gasteiger partial charge < -0.3 is 14.4 Å². The number of hydrogen-bond acceptors (Lipinski definition) is 8. The highest BCUT2D eigenvalue weighted by molar-refractivity contribution is 7.17. The molecule has 0 unspecified atom stereocenters. The minimum atomic E-state index is -3.23. The minimum Gasteiger partial charge on any atom is -0.431 e. The molecule has 2 atom stereocenters. The van der Waals surface area contributed by atoms with Crippen LogP contribution in [0.4, 0.5) is 23.4 Å². The normalized spacial score (nSPS) is 21.8. The van der Waals surface area contributed by atoms with Crippen LogP contribution in [0.2, 0.25) is 0 Å². The van der Waals surface area contributed by atoms with E-state index >= 15 is 0 Å². The molecule has 210 valence electrons. The number of amides is 1. The quantitative estimate of drug-likeness (QED) is 0.266. The molecule has 4 heterocycles. The first-order valence-electron chi connectivity index (χ1n) is 12.9. The molecule has 0 N–H and O–H groups in total. The zero-order valence-corrected chi connectivity index (χ0v) is 21.9. The molecule has 0 saturated carbocycles. The Labute approximate surface area is 230 Å². The lowest BCUT2D eigenvalue weighted by molar-refractivity contribution is -0.140. The average Bonchev–Trinajstić information content (AvgIpc) is 3.43. The van der Waals surface area contributed by atoms with Crippen molar-refractivity contribution >= 4 is 39.0 Å². The van der Waals surface area contributed by atoms with Gasteiger partial charge in [0, 0.05) is 24.6 Å². The van der Waals surface area contributed by atoms with E-state index in [0.29, 0.717) is 50.0 Å². The Bertz CT molecular complexity index is 1460. The Balaban J connectivity index is 1.29. The maximum Gasteiger partial charge on any atom is 0.387 e. The van der Waals surface area contributed by atoms with Gasteiger partial charge in [0.1, 0.15) is 12.1 Å². The second-order valence-electron chi connectivity index (χ2n) is 9.79. The molecule has 6 rings (SSSR count). The van der Waals surface area contributed by atoms with E-state index in [9.17, 15) is 22.4 Å². The third kappa shape index (κ3) is 5.09. The number of allylic oxidation sites excluding steroid dienone is 2. The number of nitrogens with zero attached hydrogens (tertiary/aromatic N) is 5. The van der Waals surface area contributed by atoms with E-state index in [4.69, 9.17) is 5.10 Å². The number of piperidine rings is 1. The molecule has 1 amide bonds. The van der Waals surface area contributed by atoms with Crippen LogP contribution in [0.1, 0.15) is 31.2 Å². The van der Waals surface area contributed by atoms with Gasteiger partial charge in [0.2, 0.25) is 5.91 Å². The first kappa shape index (κ1) is 26.5. The van der Waals surface area contributed by atoms with Gasteiger partial charge in [-0.1, -0.05) is 12.2 Å². The van der Waals surface area contributed by atoms with E-state index in [1.807, 2.05) is 23.6 Å². The van der Waals surface area contributed by atoms with Gasteiger partial charge in [-0.05, 0) is 55.3 Å². The Morgan fingerprint density at radius 2 is 1.65 bits per heavy atom. The van der Waals surface area contributed by atoms with Crippen LogP contribution in [0.15, 0.2) is 53.2 Å². The highest BCUT2D eigenvalue weighted by atomic mass is 32.1. The minimum absolute atomic E-state index is 0.0686. The average molecular weight is 576 g/mol. The second-order valence-corrected chi connectivity index (χ2v) is 10.7. The largest absolute Gasteiger partial charge is 0.431 e. The molecule has 1 aromatic carbocycles. The Kier molecular flexibility index (Phi) is 7.30. The number of thiophene rings is 1. The van der Waals surface area contributed by atoms with Gasteiger partial charge in [-0.25, -0.2) is 15.0 Å². The van der Waals surface area contributed by atoms with Crippen LogP contribution in [0.3, 0.4) is 0 Å². The molecule has 0 bridgehead atoms. The summed E-state index contributed by atoms with van der Waals surface area (Å²) >= 11 is 1.59. The lowest BCUT2D eigenvalue weighted by Crippen LogP contribution is -2.52. The van der Waals surface area contributed by atoms with E-state index in [-0.39, 0.29) is 23.8 Å². The Hall–Kier alpha value is -3.74. The van der Waals surface area contributed by atoms with Crippen LogP contribution >= 0.6 is 11.3 Å². The highest BCUT2D eigenvalue weighted by Gasteiger charge is 2.43. The standard InChI is InChI=1S/C27H25F4N5O3S/c28-26(29)38-20-6-5-15(13-21(20)39-27(30)31)22-17-3-1-2-4-18(17)25(37)36(34-22)16-7-10-35(11-8-16)24-23-19(9-12-40-23)32-14-33-24/h1-2,5-6,9,12-14,16-18,26-27H,3-4,7-8,10-11H2/t17-,18+/m0/s1. The van der Waals surface area contributed by atoms with Crippen LogP contribution in [0.5, 0.6) is 11.5 Å². The topological polar surface area (TPSA) is 80.2 Å². The van der Waals surface area contributed by atoms with Gasteiger partial charge >= 0.3 is 13.2 Å². The zero-order valence-electron chi connectivity index (χ0n) is 21.1. The number of hydrogen-bond donors (Lipinski definition) is 0. The van der Waals surface area contributed by atoms with Crippen LogP contribution in [0, 0.1) is 11.8 Å². The summed E-state index contributed by atoms with van der Waals surface area (Å²) in [5.74, 6) is -0.841. The van der Waals surface area contributed by atoms with E-state index in [2.05, 4.69) is 24.3 Å². The van der Waals surface area contributed by atoms with Crippen LogP contribution in [-0.4, -0.2) is 59.0 Å². The van der Waals surface area contributed by atoms with Gasteiger partial charge in [-0.15, -0.1) is 11.3 Å². The number of halogens is 4. The SMILES string of the molecule is O=C1[C@@H]2CC=CC[C@@H]2C(c2ccc(OC(F)F)c(OC(F)F)c2)=NN1C1CCN(c2ncnc3ccsc23)CC1. The molecule has 3 aliphatic rings. The number of carbonyl (C=O) groups excluding carboxylic acids is 1. The summed E-state index contributed by atoms with van der Waals surface area (Å²) in [5.41, 5.74) is 1.85. The number of aromatic nitrogens is 2. The van der Waals surface area contributed by atoms with Crippen molar-refractivity contribution in [2.75, 3.05) is 18.0 Å². The monoisotopic (exact) mass is 575 g/mol. The molecule has 8 nitrogen and oxygen atoms in total. The van der Waals surface area contributed by atoms with E-state index in [0.717, 1.165) is 16.0 Å². The summed E-state index contributed by atoms with van der Waals surface area (Å²) in [6.45, 7) is -5.10. The summed E-state index contributed by atoms with van der Waals surface area (Å²) < 4.78 is 61.8. The molecular weight excluding hydrogens is 550 g/mol. The van der Waals surface area contributed by atoms with E-state index in [1.54, 1.807) is 22.7 Å². The van der Waals surface area contributed by atoms with Crippen molar-refractivity contribution in [3.63, 3.8) is 0 Å². The maximum absolute atomic E-state index is 13.6. The lowest BCUT2D eigenvalue weighted by atomic mass is 9.76. The number of ether oxygens (including phenoxy) is 2. The third-order valence-electron chi connectivity index (χ3n) is 7.55. The third-order valence-corrected chi connectivity index (χ3v) is 8.45. The fourth-order valence-electron chi connectivity index (χ4n) is 5.70. The fourth-order valence-corrected chi connectivity index (χ4v) is 6.57. The number of benzene rings is 1. The fraction of sp³-hybridized carbons (Fsp3) is 0.407. The molecule has 1 saturated heterocycles. The molecule has 0 spiro atoms. The van der Waals surface area contributed by atoms with Crippen LogP contribution in [-0.2, 0) is 4.79 Å². The van der Waals surface area contributed by atoms with Gasteiger partial charge in [0.15, 0.2) is 11.5 Å². The van der Waals surface area contributed by atoms with E-state index in [1.165, 1.54) is 18.2 Å². The smallest absolute Gasteiger partial charge is 0.387 e. The van der Waals surface area contributed by atoms with Gasteiger partial charge in [0.25, 0.3) is 0 Å². The van der Waals surface area contributed by atoms with Gasteiger partial charge in [0.05, 0.1) is 27.9 Å². The summed E-state index contributed by atoms with van der Waals surface area (Å²) in [7, 11) is 0. The lowest BCUT2D eigenvalue weighted by Gasteiger charge is -2.42. The molecule has 2 aromatic heterocycles. The number of rotatable bonds is 7. The zero-order chi connectivity index (χ0) is 27.8. The number of alkyl halides is 4. The molecular formula is C27H25F4N5O3S. The number of hydrazone groups is 1. The van der Waals surface area contributed by atoms with Gasteiger partial charge in [-0.3, -0.25) is 4.79 Å². The number of fused-ring (bicyclic) bond motifs is 2.